The molecular formula is C10H14Cl2N4O2. The van der Waals surface area contributed by atoms with Gasteiger partial charge in [0.1, 0.15) is 4.84 Å². The summed E-state index contributed by atoms with van der Waals surface area (Å²) in [6.45, 7) is 1.70. The van der Waals surface area contributed by atoms with Crippen LogP contribution in [-0.2, 0) is 21.1 Å². The molecule has 6 nitrogen and oxygen atoms in total. The van der Waals surface area contributed by atoms with Crippen LogP contribution in [0.2, 0.25) is 0 Å². The van der Waals surface area contributed by atoms with E-state index >= 15 is 0 Å². The predicted octanol–water partition coefficient (Wildman–Crippen LogP) is 0.781. The van der Waals surface area contributed by atoms with E-state index in [4.69, 9.17) is 23.2 Å². The molecule has 18 heavy (non-hydrogen) atoms. The van der Waals surface area contributed by atoms with Crippen LogP contribution in [0.5, 0.6) is 0 Å². The third-order valence-electron chi connectivity index (χ3n) is 2.32. The highest BCUT2D eigenvalue weighted by Crippen LogP contribution is 2.01. The van der Waals surface area contributed by atoms with Gasteiger partial charge in [0.15, 0.2) is 11.2 Å². The fourth-order valence-corrected chi connectivity index (χ4v) is 1.47. The van der Waals surface area contributed by atoms with Crippen molar-refractivity contribution in [3.05, 3.63) is 27.2 Å². The van der Waals surface area contributed by atoms with Gasteiger partial charge in [0.05, 0.1) is 6.33 Å². The molecule has 0 saturated carbocycles. The van der Waals surface area contributed by atoms with Crippen LogP contribution in [0.4, 0.5) is 0 Å². The van der Waals surface area contributed by atoms with Gasteiger partial charge < -0.3 is 4.57 Å². The maximum Gasteiger partial charge on any atom is 0.332 e. The van der Waals surface area contributed by atoms with Gasteiger partial charge in [0.25, 0.3) is 5.56 Å². The van der Waals surface area contributed by atoms with Gasteiger partial charge in [-0.15, -0.1) is 23.2 Å². The highest BCUT2D eigenvalue weighted by molar-refractivity contribution is 6.43. The van der Waals surface area contributed by atoms with Crippen LogP contribution < -0.4 is 11.2 Å². The second-order valence-corrected chi connectivity index (χ2v) is 5.29. The first-order valence-corrected chi connectivity index (χ1v) is 5.99. The average Bonchev–Trinajstić information content (AvgIpc) is 2.65. The zero-order valence-corrected chi connectivity index (χ0v) is 12.0. The summed E-state index contributed by atoms with van der Waals surface area (Å²) in [5.41, 5.74) is 0.180. The topological polar surface area (TPSA) is 61.8 Å². The molecule has 0 fully saturated rings. The van der Waals surface area contributed by atoms with Gasteiger partial charge in [0.2, 0.25) is 0 Å². The number of imidazole rings is 1. The highest BCUT2D eigenvalue weighted by atomic mass is 35.5. The minimum atomic E-state index is -0.360. The lowest BCUT2D eigenvalue weighted by atomic mass is 10.5. The fourth-order valence-electron chi connectivity index (χ4n) is 1.47. The molecule has 2 heterocycles. The lowest BCUT2D eigenvalue weighted by Gasteiger charge is -2.02. The molecule has 0 atom stereocenters. The SMILES string of the molecule is CC(Cl)Cl.Cn1c(=O)c2c(ncn2C)n(C)c1=O. The summed E-state index contributed by atoms with van der Waals surface area (Å²) in [4.78, 5) is 26.9. The third-order valence-corrected chi connectivity index (χ3v) is 2.32. The Balaban J connectivity index is 0.000000357. The van der Waals surface area contributed by atoms with E-state index in [2.05, 4.69) is 4.98 Å². The third kappa shape index (κ3) is 2.76. The van der Waals surface area contributed by atoms with Crippen LogP contribution in [0, 0.1) is 0 Å². The van der Waals surface area contributed by atoms with Gasteiger partial charge in [-0.3, -0.25) is 13.9 Å². The molecule has 8 heteroatoms. The molecule has 0 amide bonds. The molecule has 0 saturated heterocycles. The molecule has 0 aliphatic heterocycles. The van der Waals surface area contributed by atoms with E-state index in [9.17, 15) is 9.59 Å². The van der Waals surface area contributed by atoms with Crippen molar-refractivity contribution in [3.8, 4) is 0 Å². The summed E-state index contributed by atoms with van der Waals surface area (Å²) in [5.74, 6) is 0. The van der Waals surface area contributed by atoms with E-state index in [1.54, 1.807) is 25.6 Å². The number of halogens is 2. The minimum Gasteiger partial charge on any atom is -0.328 e. The molecule has 0 bridgehead atoms. The fraction of sp³-hybridized carbons (Fsp3) is 0.500. The van der Waals surface area contributed by atoms with Gasteiger partial charge in [-0.05, 0) is 6.92 Å². The van der Waals surface area contributed by atoms with Crippen molar-refractivity contribution in [2.24, 2.45) is 21.1 Å². The van der Waals surface area contributed by atoms with Crippen LogP contribution in [0.3, 0.4) is 0 Å². The molecule has 0 aromatic carbocycles. The smallest absolute Gasteiger partial charge is 0.328 e. The Labute approximate surface area is 113 Å². The Hall–Kier alpha value is -1.27. The van der Waals surface area contributed by atoms with Crippen molar-refractivity contribution >= 4 is 34.4 Å². The van der Waals surface area contributed by atoms with Crippen LogP contribution in [0.1, 0.15) is 6.92 Å². The van der Waals surface area contributed by atoms with E-state index in [0.29, 0.717) is 11.2 Å². The number of hydrogen-bond acceptors (Lipinski definition) is 3. The first-order chi connectivity index (χ1) is 8.27. The van der Waals surface area contributed by atoms with Crippen LogP contribution in [0.25, 0.3) is 11.2 Å². The molecule has 0 unspecified atom stereocenters. The first-order valence-electron chi connectivity index (χ1n) is 5.12. The number of alkyl halides is 2. The summed E-state index contributed by atoms with van der Waals surface area (Å²) in [6, 6.07) is 0. The van der Waals surface area contributed by atoms with Crippen LogP contribution in [0.15, 0.2) is 15.9 Å². The van der Waals surface area contributed by atoms with Gasteiger partial charge in [0, 0.05) is 21.1 Å². The molecule has 100 valence electrons. The molecule has 0 aliphatic rings. The van der Waals surface area contributed by atoms with Crippen molar-refractivity contribution in [1.29, 1.82) is 0 Å². The second kappa shape index (κ2) is 5.58. The average molecular weight is 293 g/mol. The Morgan fingerprint density at radius 1 is 1.17 bits per heavy atom. The normalized spacial score (nSPS) is 10.6. The standard InChI is InChI=1S/C8H10N4O2.C2H4Cl2/c1-10-4-9-6-5(10)7(13)12(3)8(14)11(6)2;1-2(3)4/h4H,1-3H3;2H,1H3. The first kappa shape index (κ1) is 14.8. The minimum absolute atomic E-state index is 0.222. The number of aryl methyl sites for hydroxylation is 2. The lowest BCUT2D eigenvalue weighted by molar-refractivity contribution is 0.705. The van der Waals surface area contributed by atoms with Crippen LogP contribution >= 0.6 is 23.2 Å². The molecule has 0 aliphatic carbocycles. The highest BCUT2D eigenvalue weighted by Gasteiger charge is 2.11. The monoisotopic (exact) mass is 292 g/mol. The van der Waals surface area contributed by atoms with E-state index in [-0.39, 0.29) is 16.1 Å². The maximum atomic E-state index is 11.7. The number of fused-ring (bicyclic) bond motifs is 1. The second-order valence-electron chi connectivity index (χ2n) is 3.75. The Morgan fingerprint density at radius 2 is 1.67 bits per heavy atom. The zero-order chi connectivity index (χ0) is 14.0. The summed E-state index contributed by atoms with van der Waals surface area (Å²) in [7, 11) is 4.77. The van der Waals surface area contributed by atoms with E-state index in [1.807, 2.05) is 0 Å². The molecular weight excluding hydrogens is 279 g/mol. The number of nitrogens with zero attached hydrogens (tertiary/aromatic N) is 4. The number of hydrogen-bond donors (Lipinski definition) is 0. The van der Waals surface area contributed by atoms with Gasteiger partial charge >= 0.3 is 5.69 Å². The van der Waals surface area contributed by atoms with Gasteiger partial charge in [-0.2, -0.15) is 0 Å². The molecule has 0 N–H and O–H groups in total. The van der Waals surface area contributed by atoms with Crippen molar-refractivity contribution in [2.75, 3.05) is 0 Å². The quantitative estimate of drug-likeness (QED) is 0.674. The maximum absolute atomic E-state index is 11.7. The van der Waals surface area contributed by atoms with E-state index in [0.717, 1.165) is 4.57 Å². The Bertz CT molecular complexity index is 666. The molecule has 0 spiro atoms. The zero-order valence-electron chi connectivity index (χ0n) is 10.5. The Morgan fingerprint density at radius 3 is 2.17 bits per heavy atom. The number of rotatable bonds is 0. The molecule has 2 aromatic heterocycles. The molecule has 0 radical (unpaired) electrons. The Kier molecular flexibility index (Phi) is 4.59. The van der Waals surface area contributed by atoms with Crippen molar-refractivity contribution in [1.82, 2.24) is 18.7 Å². The summed E-state index contributed by atoms with van der Waals surface area (Å²) >= 11 is 10.1. The lowest BCUT2D eigenvalue weighted by Crippen LogP contribution is -2.37. The summed E-state index contributed by atoms with van der Waals surface area (Å²) in [6.07, 6.45) is 1.52. The van der Waals surface area contributed by atoms with E-state index < -0.39 is 0 Å². The van der Waals surface area contributed by atoms with E-state index in [1.165, 1.54) is 17.9 Å². The number of aromatic nitrogens is 4. The molecule has 2 rings (SSSR count). The summed E-state index contributed by atoms with van der Waals surface area (Å²) < 4.78 is 4.04. The van der Waals surface area contributed by atoms with Crippen molar-refractivity contribution in [3.63, 3.8) is 0 Å². The van der Waals surface area contributed by atoms with Crippen LogP contribution in [-0.4, -0.2) is 23.5 Å². The predicted molar refractivity (Wildman–Crippen MR) is 72.4 cm³/mol. The summed E-state index contributed by atoms with van der Waals surface area (Å²) in [5, 5.41) is 0. The van der Waals surface area contributed by atoms with Gasteiger partial charge in [-0.25, -0.2) is 9.78 Å². The van der Waals surface area contributed by atoms with Crippen molar-refractivity contribution < 1.29 is 0 Å². The van der Waals surface area contributed by atoms with Gasteiger partial charge in [-0.1, -0.05) is 0 Å². The molecule has 2 aromatic rings. The largest absolute Gasteiger partial charge is 0.332 e. The van der Waals surface area contributed by atoms with Crippen molar-refractivity contribution in [2.45, 2.75) is 11.8 Å².